The number of piperidine rings is 2. The molecular weight excluding hydrogens is 459 g/mol. The highest BCUT2D eigenvalue weighted by molar-refractivity contribution is 5.74. The van der Waals surface area contributed by atoms with E-state index in [0.717, 1.165) is 43.7 Å². The maximum Gasteiger partial charge on any atom is 0.409 e. The number of aromatic nitrogens is 2. The third kappa shape index (κ3) is 3.88. The number of nitrogens with zero attached hydrogens (tertiary/aromatic N) is 4. The van der Waals surface area contributed by atoms with Gasteiger partial charge < -0.3 is 23.8 Å². The van der Waals surface area contributed by atoms with Crippen molar-refractivity contribution < 1.29 is 18.7 Å². The van der Waals surface area contributed by atoms with Crippen molar-refractivity contribution in [2.24, 2.45) is 13.0 Å². The van der Waals surface area contributed by atoms with E-state index in [0.29, 0.717) is 55.5 Å². The highest BCUT2D eigenvalue weighted by Crippen LogP contribution is 2.51. The van der Waals surface area contributed by atoms with Gasteiger partial charge in [0, 0.05) is 44.4 Å². The summed E-state index contributed by atoms with van der Waals surface area (Å²) >= 11 is 0. The molecule has 194 valence electrons. The number of imidazole rings is 1. The van der Waals surface area contributed by atoms with Crippen LogP contribution in [0, 0.1) is 11.7 Å². The molecule has 7 nitrogen and oxygen atoms in total. The van der Waals surface area contributed by atoms with Gasteiger partial charge in [-0.25, -0.2) is 14.2 Å². The van der Waals surface area contributed by atoms with E-state index in [1.807, 2.05) is 6.07 Å². The monoisotopic (exact) mass is 496 g/mol. The van der Waals surface area contributed by atoms with Crippen LogP contribution < -0.4 is 4.74 Å². The molecule has 36 heavy (non-hydrogen) atoms. The quantitative estimate of drug-likeness (QED) is 0.596. The van der Waals surface area contributed by atoms with Gasteiger partial charge in [-0.05, 0) is 71.2 Å². The molecule has 1 saturated carbocycles. The Hall–Kier alpha value is -2.61. The van der Waals surface area contributed by atoms with Gasteiger partial charge in [0.1, 0.15) is 23.1 Å². The van der Waals surface area contributed by atoms with Crippen molar-refractivity contribution in [1.82, 2.24) is 19.4 Å². The molecule has 4 aliphatic rings. The molecule has 1 spiro atoms. The van der Waals surface area contributed by atoms with Crippen molar-refractivity contribution in [3.8, 4) is 17.0 Å². The zero-order valence-corrected chi connectivity index (χ0v) is 21.8. The van der Waals surface area contributed by atoms with Crippen molar-refractivity contribution in [2.75, 3.05) is 33.3 Å². The molecule has 0 bridgehead atoms. The lowest BCUT2D eigenvalue weighted by Crippen LogP contribution is -2.50. The fourth-order valence-corrected chi connectivity index (χ4v) is 6.34. The Morgan fingerprint density at radius 2 is 1.92 bits per heavy atom. The molecule has 1 atom stereocenters. The van der Waals surface area contributed by atoms with Crippen LogP contribution in [0.25, 0.3) is 11.3 Å². The molecule has 1 aromatic heterocycles. The maximum absolute atomic E-state index is 15.2. The predicted octanol–water partition coefficient (Wildman–Crippen LogP) is 5.04. The number of benzene rings is 1. The topological polar surface area (TPSA) is 59.8 Å². The molecule has 1 amide bonds. The van der Waals surface area contributed by atoms with Gasteiger partial charge in [-0.2, -0.15) is 0 Å². The maximum atomic E-state index is 15.2. The number of halogens is 1. The third-order valence-corrected chi connectivity index (χ3v) is 9.00. The van der Waals surface area contributed by atoms with Crippen molar-refractivity contribution >= 4 is 6.09 Å². The summed E-state index contributed by atoms with van der Waals surface area (Å²) in [6.07, 6.45) is 5.31. The first-order valence-corrected chi connectivity index (χ1v) is 13.4. The van der Waals surface area contributed by atoms with E-state index in [1.54, 1.807) is 11.0 Å². The second-order valence-electron chi connectivity index (χ2n) is 11.9. The zero-order valence-electron chi connectivity index (χ0n) is 21.8. The Bertz CT molecular complexity index is 1180. The van der Waals surface area contributed by atoms with Gasteiger partial charge in [0.15, 0.2) is 5.60 Å². The summed E-state index contributed by atoms with van der Waals surface area (Å²) in [6.45, 7) is 7.15. The van der Waals surface area contributed by atoms with Crippen LogP contribution in [0.4, 0.5) is 9.18 Å². The molecule has 8 heteroatoms. The van der Waals surface area contributed by atoms with Gasteiger partial charge in [-0.1, -0.05) is 6.07 Å². The van der Waals surface area contributed by atoms with Crippen LogP contribution in [0.2, 0.25) is 0 Å². The van der Waals surface area contributed by atoms with Gasteiger partial charge in [0.05, 0.1) is 17.9 Å². The second kappa shape index (κ2) is 8.47. The lowest BCUT2D eigenvalue weighted by molar-refractivity contribution is -0.0114. The number of fused-ring (bicyclic) bond motifs is 4. The van der Waals surface area contributed by atoms with Crippen molar-refractivity contribution in [2.45, 2.75) is 69.4 Å². The van der Waals surface area contributed by atoms with Gasteiger partial charge in [-0.15, -0.1) is 0 Å². The van der Waals surface area contributed by atoms with Crippen LogP contribution in [0.3, 0.4) is 0 Å². The fourth-order valence-electron chi connectivity index (χ4n) is 6.34. The van der Waals surface area contributed by atoms with Crippen LogP contribution >= 0.6 is 0 Å². The number of carbonyl (C=O) groups excluding carboxylic acids is 1. The summed E-state index contributed by atoms with van der Waals surface area (Å²) in [6, 6.07) is 5.02. The molecule has 1 aromatic carbocycles. The number of ether oxygens (including phenoxy) is 2. The Morgan fingerprint density at radius 1 is 1.17 bits per heavy atom. The average molecular weight is 497 g/mol. The largest absolute Gasteiger partial charge is 0.480 e. The third-order valence-electron chi connectivity index (χ3n) is 9.00. The number of amides is 1. The van der Waals surface area contributed by atoms with E-state index in [-0.39, 0.29) is 23.4 Å². The van der Waals surface area contributed by atoms with E-state index >= 15 is 4.39 Å². The predicted molar refractivity (Wildman–Crippen MR) is 134 cm³/mol. The standard InChI is InChI=1S/C28H37FN4O3/c1-27(2)16-19(10-13-31(27)3)25-30-23-22-20(29)6-5-7-21(22)36-28(24(23)32(25)4)11-14-33(15-12-28)26(34)35-17-18-8-9-18/h5-7,18-19H,8-17H2,1-4H3. The first-order valence-electron chi connectivity index (χ1n) is 13.4. The Morgan fingerprint density at radius 3 is 2.61 bits per heavy atom. The van der Waals surface area contributed by atoms with E-state index in [2.05, 4.69) is 37.4 Å². The van der Waals surface area contributed by atoms with Crippen molar-refractivity contribution in [3.05, 3.63) is 35.5 Å². The minimum Gasteiger partial charge on any atom is -0.480 e. The van der Waals surface area contributed by atoms with E-state index in [9.17, 15) is 4.79 Å². The molecule has 2 saturated heterocycles. The molecule has 6 rings (SSSR count). The number of likely N-dealkylation sites (tertiary alicyclic amines) is 2. The van der Waals surface area contributed by atoms with Crippen LogP contribution in [0.5, 0.6) is 5.75 Å². The summed E-state index contributed by atoms with van der Waals surface area (Å²) in [5, 5.41) is 0. The summed E-state index contributed by atoms with van der Waals surface area (Å²) in [7, 11) is 4.23. The minimum atomic E-state index is -0.648. The van der Waals surface area contributed by atoms with Gasteiger partial charge in [0.2, 0.25) is 0 Å². The molecule has 1 unspecified atom stereocenters. The molecule has 2 aromatic rings. The van der Waals surface area contributed by atoms with Crippen LogP contribution in [-0.4, -0.2) is 64.3 Å². The van der Waals surface area contributed by atoms with Gasteiger partial charge in [0.25, 0.3) is 0 Å². The fraction of sp³-hybridized carbons (Fsp3) is 0.643. The molecule has 0 radical (unpaired) electrons. The van der Waals surface area contributed by atoms with Crippen molar-refractivity contribution in [3.63, 3.8) is 0 Å². The van der Waals surface area contributed by atoms with E-state index in [1.165, 1.54) is 6.07 Å². The SMILES string of the molecule is CN1CCC(c2nc3c(n2C)C2(CCN(C(=O)OCC4CC4)CC2)Oc2cccc(F)c2-3)CC1(C)C. The first-order chi connectivity index (χ1) is 17.2. The average Bonchev–Trinajstić information content (AvgIpc) is 3.61. The summed E-state index contributed by atoms with van der Waals surface area (Å²) < 4.78 is 29.5. The summed E-state index contributed by atoms with van der Waals surface area (Å²) in [5.41, 5.74) is 1.52. The number of hydrogen-bond acceptors (Lipinski definition) is 5. The molecule has 1 aliphatic carbocycles. The van der Waals surface area contributed by atoms with Crippen molar-refractivity contribution in [1.29, 1.82) is 0 Å². The highest BCUT2D eigenvalue weighted by atomic mass is 19.1. The summed E-state index contributed by atoms with van der Waals surface area (Å²) in [4.78, 5) is 22.0. The molecular formula is C28H37FN4O3. The van der Waals surface area contributed by atoms with E-state index in [4.69, 9.17) is 14.5 Å². The Balaban J connectivity index is 1.34. The second-order valence-corrected chi connectivity index (χ2v) is 11.9. The number of hydrogen-bond donors (Lipinski definition) is 0. The Kier molecular flexibility index (Phi) is 5.59. The van der Waals surface area contributed by atoms with Gasteiger partial charge >= 0.3 is 6.09 Å². The molecule has 4 heterocycles. The highest BCUT2D eigenvalue weighted by Gasteiger charge is 2.49. The normalized spacial score (nSPS) is 24.7. The lowest BCUT2D eigenvalue weighted by Gasteiger charge is -2.44. The zero-order chi connectivity index (χ0) is 25.2. The first kappa shape index (κ1) is 23.8. The Labute approximate surface area is 212 Å². The summed E-state index contributed by atoms with van der Waals surface area (Å²) in [5.74, 6) is 2.07. The van der Waals surface area contributed by atoms with Gasteiger partial charge in [-0.3, -0.25) is 0 Å². The smallest absolute Gasteiger partial charge is 0.409 e. The number of rotatable bonds is 3. The van der Waals surface area contributed by atoms with Crippen LogP contribution in [0.1, 0.15) is 69.8 Å². The van der Waals surface area contributed by atoms with Crippen LogP contribution in [-0.2, 0) is 17.4 Å². The minimum absolute atomic E-state index is 0.0683. The lowest BCUT2D eigenvalue weighted by atomic mass is 9.82. The molecule has 3 aliphatic heterocycles. The van der Waals surface area contributed by atoms with Crippen LogP contribution in [0.15, 0.2) is 18.2 Å². The molecule has 0 N–H and O–H groups in total. The van der Waals surface area contributed by atoms with E-state index < -0.39 is 5.60 Å². The number of carbonyl (C=O) groups is 1. The molecule has 3 fully saturated rings.